The summed E-state index contributed by atoms with van der Waals surface area (Å²) in [7, 11) is 0. The van der Waals surface area contributed by atoms with Crippen LogP contribution in [-0.4, -0.2) is 37.2 Å². The normalized spacial score (nSPS) is 13.2. The van der Waals surface area contributed by atoms with E-state index in [0.717, 1.165) is 77.0 Å². The average Bonchev–Trinajstić information content (AvgIpc) is 3.33. The van der Waals surface area contributed by atoms with E-state index < -0.39 is 6.10 Å². The molecule has 0 amide bonds. The van der Waals surface area contributed by atoms with E-state index in [1.165, 1.54) is 77.0 Å². The van der Waals surface area contributed by atoms with E-state index in [4.69, 9.17) is 14.2 Å². The van der Waals surface area contributed by atoms with Gasteiger partial charge < -0.3 is 14.2 Å². The number of carbonyl (C=O) groups excluding carboxylic acids is 3. The van der Waals surface area contributed by atoms with Crippen molar-refractivity contribution in [1.29, 1.82) is 0 Å². The molecule has 0 N–H and O–H groups in total. The molecule has 0 radical (unpaired) electrons. The van der Waals surface area contributed by atoms with E-state index in [2.05, 4.69) is 142 Å². The lowest BCUT2D eigenvalue weighted by Gasteiger charge is -2.18. The number of hydrogen-bond donors (Lipinski definition) is 0. The third-order valence-electron chi connectivity index (χ3n) is 10.6. The topological polar surface area (TPSA) is 78.9 Å². The number of hydrogen-bond acceptors (Lipinski definition) is 6. The summed E-state index contributed by atoms with van der Waals surface area (Å²) in [5.41, 5.74) is 0. The molecule has 6 nitrogen and oxygen atoms in total. The zero-order chi connectivity index (χ0) is 48.6. The minimum Gasteiger partial charge on any atom is -0.462 e. The van der Waals surface area contributed by atoms with Crippen LogP contribution in [0.2, 0.25) is 0 Å². The van der Waals surface area contributed by atoms with Crippen molar-refractivity contribution in [2.75, 3.05) is 13.2 Å². The van der Waals surface area contributed by atoms with Crippen LogP contribution in [0.1, 0.15) is 213 Å². The van der Waals surface area contributed by atoms with Gasteiger partial charge in [0.1, 0.15) is 13.2 Å². The summed E-state index contributed by atoms with van der Waals surface area (Å²) in [6, 6.07) is 0. The molecule has 0 aromatic heterocycles. The maximum atomic E-state index is 12.8. The number of rotatable bonds is 46. The largest absolute Gasteiger partial charge is 0.462 e. The highest BCUT2D eigenvalue weighted by Crippen LogP contribution is 2.10. The van der Waals surface area contributed by atoms with Gasteiger partial charge in [0.15, 0.2) is 6.10 Å². The smallest absolute Gasteiger partial charge is 0.306 e. The number of allylic oxidation sites excluding steroid dienone is 22. The van der Waals surface area contributed by atoms with Crippen molar-refractivity contribution in [3.05, 3.63) is 134 Å². The highest BCUT2D eigenvalue weighted by molar-refractivity contribution is 5.71. The summed E-state index contributed by atoms with van der Waals surface area (Å²) in [6.45, 7) is 6.40. The first-order chi connectivity index (χ1) is 33.0. The van der Waals surface area contributed by atoms with Gasteiger partial charge in [-0.05, 0) is 135 Å². The summed E-state index contributed by atoms with van der Waals surface area (Å²) >= 11 is 0. The quantitative estimate of drug-likeness (QED) is 0.0262. The molecule has 0 unspecified atom stereocenters. The highest BCUT2D eigenvalue weighted by Gasteiger charge is 2.19. The van der Waals surface area contributed by atoms with Crippen LogP contribution in [0, 0.1) is 0 Å². The zero-order valence-corrected chi connectivity index (χ0v) is 42.9. The molecule has 0 aliphatic rings. The molecule has 376 valence electrons. The Morgan fingerprint density at radius 3 is 0.866 bits per heavy atom. The Balaban J connectivity index is 4.64. The number of ether oxygens (including phenoxy) is 3. The Bertz CT molecular complexity index is 1480. The van der Waals surface area contributed by atoms with Crippen LogP contribution in [0.3, 0.4) is 0 Å². The lowest BCUT2D eigenvalue weighted by Crippen LogP contribution is -2.30. The van der Waals surface area contributed by atoms with E-state index >= 15 is 0 Å². The molecule has 0 saturated carbocycles. The molecule has 0 saturated heterocycles. The maximum absolute atomic E-state index is 12.8. The fourth-order valence-electron chi connectivity index (χ4n) is 6.55. The van der Waals surface area contributed by atoms with Crippen LogP contribution in [0.25, 0.3) is 0 Å². The zero-order valence-electron chi connectivity index (χ0n) is 42.9. The number of unbranched alkanes of at least 4 members (excludes halogenated alkanes) is 13. The first-order valence-electron chi connectivity index (χ1n) is 26.7. The SMILES string of the molecule is CCCCC/C=C\C/C=C\C/C=C\C/C=C\C/C=C\CCC(=O)OC[C@H](COC(=O)CCCC/C=C\C/C=C\C/C=C\CCCCC)OC(=O)CCCC/C=C\C/C=C\C/C=C\CCCCC. The molecule has 0 rings (SSSR count). The van der Waals surface area contributed by atoms with Crippen molar-refractivity contribution in [3.8, 4) is 0 Å². The van der Waals surface area contributed by atoms with Crippen LogP contribution in [0.5, 0.6) is 0 Å². The van der Waals surface area contributed by atoms with Crippen molar-refractivity contribution in [3.63, 3.8) is 0 Å². The van der Waals surface area contributed by atoms with Crippen molar-refractivity contribution in [1.82, 2.24) is 0 Å². The highest BCUT2D eigenvalue weighted by atomic mass is 16.6. The molecule has 0 aliphatic heterocycles. The fourth-order valence-corrected chi connectivity index (χ4v) is 6.55. The Kier molecular flexibility index (Phi) is 50.6. The molecule has 67 heavy (non-hydrogen) atoms. The molecule has 0 aromatic carbocycles. The third-order valence-corrected chi connectivity index (χ3v) is 10.6. The van der Waals surface area contributed by atoms with Gasteiger partial charge >= 0.3 is 17.9 Å². The molecule has 0 aromatic rings. The van der Waals surface area contributed by atoms with Gasteiger partial charge in [-0.15, -0.1) is 0 Å². The van der Waals surface area contributed by atoms with E-state index in [1.54, 1.807) is 0 Å². The second kappa shape index (κ2) is 54.2. The lowest BCUT2D eigenvalue weighted by atomic mass is 10.1. The monoisotopic (exact) mass is 925 g/mol. The third kappa shape index (κ3) is 52.4. The molecule has 0 bridgehead atoms. The van der Waals surface area contributed by atoms with Crippen molar-refractivity contribution in [2.24, 2.45) is 0 Å². The second-order valence-electron chi connectivity index (χ2n) is 17.1. The Hall–Kier alpha value is -4.45. The molecule has 0 spiro atoms. The second-order valence-corrected chi connectivity index (χ2v) is 17.1. The fraction of sp³-hybridized carbons (Fsp3) is 0.590. The molecule has 1 atom stereocenters. The number of esters is 3. The Morgan fingerprint density at radius 2 is 0.552 bits per heavy atom. The lowest BCUT2D eigenvalue weighted by molar-refractivity contribution is -0.166. The molecule has 6 heteroatoms. The van der Waals surface area contributed by atoms with E-state index in [1.807, 2.05) is 12.2 Å². The first kappa shape index (κ1) is 62.5. The van der Waals surface area contributed by atoms with Gasteiger partial charge in [-0.25, -0.2) is 0 Å². The summed E-state index contributed by atoms with van der Waals surface area (Å²) in [6.07, 6.45) is 75.9. The van der Waals surface area contributed by atoms with E-state index in [-0.39, 0.29) is 50.4 Å². The molecule has 0 fully saturated rings. The van der Waals surface area contributed by atoms with Gasteiger partial charge in [0, 0.05) is 19.3 Å². The van der Waals surface area contributed by atoms with Crippen molar-refractivity contribution < 1.29 is 28.6 Å². The van der Waals surface area contributed by atoms with Gasteiger partial charge in [-0.2, -0.15) is 0 Å². The number of carbonyl (C=O) groups is 3. The first-order valence-corrected chi connectivity index (χ1v) is 26.7. The molecular formula is C61H96O6. The summed E-state index contributed by atoms with van der Waals surface area (Å²) in [4.78, 5) is 38.0. The average molecular weight is 925 g/mol. The summed E-state index contributed by atoms with van der Waals surface area (Å²) < 4.78 is 16.7. The minimum atomic E-state index is -0.848. The van der Waals surface area contributed by atoms with E-state index in [0.29, 0.717) is 19.3 Å². The van der Waals surface area contributed by atoms with Gasteiger partial charge in [0.2, 0.25) is 0 Å². The molecular weight excluding hydrogens is 829 g/mol. The van der Waals surface area contributed by atoms with E-state index in [9.17, 15) is 14.4 Å². The van der Waals surface area contributed by atoms with Gasteiger partial charge in [0.05, 0.1) is 0 Å². The van der Waals surface area contributed by atoms with Gasteiger partial charge in [-0.3, -0.25) is 14.4 Å². The molecule has 0 heterocycles. The van der Waals surface area contributed by atoms with Gasteiger partial charge in [0.25, 0.3) is 0 Å². The van der Waals surface area contributed by atoms with Crippen LogP contribution < -0.4 is 0 Å². The minimum absolute atomic E-state index is 0.141. The Labute approximate surface area is 411 Å². The van der Waals surface area contributed by atoms with Crippen molar-refractivity contribution in [2.45, 2.75) is 219 Å². The van der Waals surface area contributed by atoms with Crippen LogP contribution in [0.4, 0.5) is 0 Å². The van der Waals surface area contributed by atoms with Crippen LogP contribution in [0.15, 0.2) is 134 Å². The summed E-state index contributed by atoms with van der Waals surface area (Å²) in [5.74, 6) is -1.11. The summed E-state index contributed by atoms with van der Waals surface area (Å²) in [5, 5.41) is 0. The standard InChI is InChI=1S/C61H96O6/c1-4-7-10-13-16-19-22-25-28-29-30-31-34-36-39-42-45-48-51-54-60(63)66-57-58(67-61(64)55-52-49-46-43-40-37-33-27-24-21-18-15-12-9-6-3)56-65-59(62)53-50-47-44-41-38-35-32-26-23-20-17-14-11-8-5-2/h16-21,25-28,30-33,36,38-41,43,45,48,58H,4-15,22-24,29,34-35,37,42,44,46-47,49-57H2,1-3H3/b19-16-,20-17-,21-18-,28-25-,31-30-,32-26-,33-27-,39-36-,41-38-,43-40-,48-45-/t58-/m0/s1. The van der Waals surface area contributed by atoms with Crippen LogP contribution >= 0.6 is 0 Å². The van der Waals surface area contributed by atoms with Crippen LogP contribution in [-0.2, 0) is 28.6 Å². The Morgan fingerprint density at radius 1 is 0.299 bits per heavy atom. The predicted molar refractivity (Wildman–Crippen MR) is 288 cm³/mol. The van der Waals surface area contributed by atoms with Crippen molar-refractivity contribution >= 4 is 17.9 Å². The van der Waals surface area contributed by atoms with Gasteiger partial charge in [-0.1, -0.05) is 193 Å². The maximum Gasteiger partial charge on any atom is 0.306 e. The molecule has 0 aliphatic carbocycles. The predicted octanol–water partition coefficient (Wildman–Crippen LogP) is 17.9.